The van der Waals surface area contributed by atoms with Crippen molar-refractivity contribution in [2.24, 2.45) is 0 Å². The summed E-state index contributed by atoms with van der Waals surface area (Å²) in [6, 6.07) is 22.2. The Morgan fingerprint density at radius 2 is 1.77 bits per heavy atom. The van der Waals surface area contributed by atoms with Gasteiger partial charge in [-0.05, 0) is 62.8 Å². The molecular weight excluding hydrogens is 374 g/mol. The van der Waals surface area contributed by atoms with E-state index in [1.165, 1.54) is 0 Å². The van der Waals surface area contributed by atoms with Crippen LogP contribution in [0.15, 0.2) is 77.4 Å². The van der Waals surface area contributed by atoms with Gasteiger partial charge in [0.25, 0.3) is 5.91 Å². The number of nitrogens with one attached hydrogen (secondary N) is 1. The summed E-state index contributed by atoms with van der Waals surface area (Å²) in [5, 5.41) is 1.75. The van der Waals surface area contributed by atoms with Crippen LogP contribution in [-0.2, 0) is 16.6 Å². The Balaban J connectivity index is 1.67. The molecular formula is C25H29N3O2. The van der Waals surface area contributed by atoms with Gasteiger partial charge in [-0.15, -0.1) is 0 Å². The maximum Gasteiger partial charge on any atom is 0.256 e. The average Bonchev–Trinajstić information content (AvgIpc) is 3.35. The number of carbonyl (C=O) groups is 1. The molecule has 0 saturated carbocycles. The van der Waals surface area contributed by atoms with Crippen LogP contribution in [0, 0.1) is 0 Å². The summed E-state index contributed by atoms with van der Waals surface area (Å²) < 4.78 is 5.43. The number of para-hydroxylation sites is 1. The van der Waals surface area contributed by atoms with Gasteiger partial charge in [0.05, 0.1) is 12.0 Å². The summed E-state index contributed by atoms with van der Waals surface area (Å²) in [6.07, 6.45) is 4.10. The van der Waals surface area contributed by atoms with E-state index in [9.17, 15) is 4.79 Å². The minimum atomic E-state index is -0.675. The van der Waals surface area contributed by atoms with Crippen molar-refractivity contribution >= 4 is 11.6 Å². The lowest BCUT2D eigenvalue weighted by molar-refractivity contribution is -0.122. The zero-order valence-electron chi connectivity index (χ0n) is 17.7. The lowest BCUT2D eigenvalue weighted by Gasteiger charge is -2.30. The quantitative estimate of drug-likeness (QED) is 0.587. The molecule has 4 rings (SSSR count). The van der Waals surface area contributed by atoms with E-state index < -0.39 is 5.41 Å². The molecule has 30 heavy (non-hydrogen) atoms. The molecule has 1 amide bonds. The SMILES string of the molecule is CN(C)CCCC1(c2ccccc2)C(=O)N(NCCc2ccco2)c2ccccc21. The van der Waals surface area contributed by atoms with Gasteiger partial charge in [-0.1, -0.05) is 48.5 Å². The van der Waals surface area contributed by atoms with E-state index in [0.717, 1.165) is 48.4 Å². The molecule has 0 spiro atoms. The fourth-order valence-corrected chi connectivity index (χ4v) is 4.40. The second-order valence-electron chi connectivity index (χ2n) is 8.07. The Kier molecular flexibility index (Phi) is 6.02. The maximum atomic E-state index is 14.0. The minimum absolute atomic E-state index is 0.0908. The van der Waals surface area contributed by atoms with Crippen molar-refractivity contribution in [3.8, 4) is 0 Å². The molecule has 0 bridgehead atoms. The lowest BCUT2D eigenvalue weighted by atomic mass is 9.72. The van der Waals surface area contributed by atoms with Crippen LogP contribution in [0.1, 0.15) is 29.7 Å². The van der Waals surface area contributed by atoms with E-state index in [1.807, 2.05) is 48.5 Å². The smallest absolute Gasteiger partial charge is 0.256 e. The van der Waals surface area contributed by atoms with Gasteiger partial charge in [0.2, 0.25) is 0 Å². The molecule has 0 aliphatic carbocycles. The number of hydrogen-bond donors (Lipinski definition) is 1. The molecule has 1 atom stereocenters. The highest BCUT2D eigenvalue weighted by Gasteiger charge is 2.51. The fraction of sp³-hybridized carbons (Fsp3) is 0.320. The molecule has 2 aromatic carbocycles. The van der Waals surface area contributed by atoms with Crippen LogP contribution in [0.4, 0.5) is 5.69 Å². The number of fused-ring (bicyclic) bond motifs is 1. The molecule has 1 aromatic heterocycles. The van der Waals surface area contributed by atoms with Gasteiger partial charge < -0.3 is 9.32 Å². The van der Waals surface area contributed by atoms with E-state index in [1.54, 1.807) is 11.3 Å². The molecule has 0 fully saturated rings. The number of nitrogens with zero attached hydrogens (tertiary/aromatic N) is 2. The highest BCUT2D eigenvalue weighted by Crippen LogP contribution is 2.48. The summed E-state index contributed by atoms with van der Waals surface area (Å²) >= 11 is 0. The van der Waals surface area contributed by atoms with Crippen molar-refractivity contribution in [3.63, 3.8) is 0 Å². The Morgan fingerprint density at radius 3 is 2.50 bits per heavy atom. The van der Waals surface area contributed by atoms with Crippen molar-refractivity contribution in [2.75, 3.05) is 32.2 Å². The summed E-state index contributed by atoms with van der Waals surface area (Å²) in [5.74, 6) is 0.996. The third-order valence-electron chi connectivity index (χ3n) is 5.82. The Morgan fingerprint density at radius 1 is 1.00 bits per heavy atom. The first kappa shape index (κ1) is 20.4. The van der Waals surface area contributed by atoms with Crippen LogP contribution >= 0.6 is 0 Å². The molecule has 0 radical (unpaired) electrons. The lowest BCUT2D eigenvalue weighted by Crippen LogP contribution is -2.48. The molecule has 0 saturated heterocycles. The first-order valence-corrected chi connectivity index (χ1v) is 10.5. The first-order valence-electron chi connectivity index (χ1n) is 10.5. The van der Waals surface area contributed by atoms with Gasteiger partial charge in [-0.3, -0.25) is 4.79 Å². The van der Waals surface area contributed by atoms with Gasteiger partial charge in [0.1, 0.15) is 11.2 Å². The maximum absolute atomic E-state index is 14.0. The summed E-state index contributed by atoms with van der Waals surface area (Å²) in [5.41, 5.74) is 5.76. The van der Waals surface area contributed by atoms with E-state index in [0.29, 0.717) is 6.54 Å². The standard InChI is InChI=1S/C25H29N3O2/c1-27(2)18-9-16-25(20-10-4-3-5-11-20)22-13-6-7-14-23(22)28(24(25)29)26-17-15-21-12-8-19-30-21/h3-8,10-14,19,26H,9,15-18H2,1-2H3. The molecule has 1 N–H and O–H groups in total. The molecule has 1 aliphatic rings. The van der Waals surface area contributed by atoms with Gasteiger partial charge >= 0.3 is 0 Å². The number of carbonyl (C=O) groups excluding carboxylic acids is 1. The number of furan rings is 1. The van der Waals surface area contributed by atoms with Gasteiger partial charge in [-0.25, -0.2) is 10.4 Å². The summed E-state index contributed by atoms with van der Waals surface area (Å²) in [7, 11) is 4.14. The zero-order valence-corrected chi connectivity index (χ0v) is 17.7. The van der Waals surface area contributed by atoms with Crippen LogP contribution in [0.2, 0.25) is 0 Å². The highest BCUT2D eigenvalue weighted by atomic mass is 16.3. The number of amides is 1. The Labute approximate surface area is 178 Å². The monoisotopic (exact) mass is 403 g/mol. The first-order chi connectivity index (χ1) is 14.6. The normalized spacial score (nSPS) is 18.2. The Bertz CT molecular complexity index is 969. The Hall–Kier alpha value is -2.89. The van der Waals surface area contributed by atoms with Gasteiger partial charge in [0.15, 0.2) is 0 Å². The van der Waals surface area contributed by atoms with Gasteiger partial charge in [-0.2, -0.15) is 0 Å². The number of anilines is 1. The number of benzene rings is 2. The van der Waals surface area contributed by atoms with Crippen molar-refractivity contribution in [1.82, 2.24) is 10.3 Å². The minimum Gasteiger partial charge on any atom is -0.469 e. The van der Waals surface area contributed by atoms with Crippen molar-refractivity contribution < 1.29 is 9.21 Å². The van der Waals surface area contributed by atoms with Crippen LogP contribution in [-0.4, -0.2) is 38.0 Å². The topological polar surface area (TPSA) is 48.7 Å². The average molecular weight is 404 g/mol. The van der Waals surface area contributed by atoms with E-state index >= 15 is 0 Å². The molecule has 3 aromatic rings. The fourth-order valence-electron chi connectivity index (χ4n) is 4.40. The molecule has 5 nitrogen and oxygen atoms in total. The van der Waals surface area contributed by atoms with Crippen molar-refractivity contribution in [3.05, 3.63) is 89.9 Å². The third-order valence-corrected chi connectivity index (χ3v) is 5.82. The molecule has 1 unspecified atom stereocenters. The van der Waals surface area contributed by atoms with E-state index in [4.69, 9.17) is 4.42 Å². The van der Waals surface area contributed by atoms with Gasteiger partial charge in [0, 0.05) is 13.0 Å². The van der Waals surface area contributed by atoms with Crippen molar-refractivity contribution in [1.29, 1.82) is 0 Å². The van der Waals surface area contributed by atoms with Crippen LogP contribution in [0.3, 0.4) is 0 Å². The van der Waals surface area contributed by atoms with Crippen LogP contribution in [0.5, 0.6) is 0 Å². The second kappa shape index (κ2) is 8.86. The molecule has 156 valence electrons. The van der Waals surface area contributed by atoms with Crippen LogP contribution in [0.25, 0.3) is 0 Å². The molecule has 1 aliphatic heterocycles. The number of hydrogen-bond acceptors (Lipinski definition) is 4. The predicted molar refractivity (Wildman–Crippen MR) is 119 cm³/mol. The highest BCUT2D eigenvalue weighted by molar-refractivity contribution is 6.09. The second-order valence-corrected chi connectivity index (χ2v) is 8.07. The van der Waals surface area contributed by atoms with Crippen molar-refractivity contribution in [2.45, 2.75) is 24.7 Å². The summed E-state index contributed by atoms with van der Waals surface area (Å²) in [4.78, 5) is 16.1. The summed E-state index contributed by atoms with van der Waals surface area (Å²) in [6.45, 7) is 1.56. The van der Waals surface area contributed by atoms with E-state index in [2.05, 4.69) is 42.6 Å². The number of hydrazine groups is 1. The number of rotatable bonds is 9. The predicted octanol–water partition coefficient (Wildman–Crippen LogP) is 4.00. The largest absolute Gasteiger partial charge is 0.469 e. The van der Waals surface area contributed by atoms with Crippen LogP contribution < -0.4 is 10.4 Å². The zero-order chi connectivity index (χ0) is 21.0. The molecule has 5 heteroatoms. The van der Waals surface area contributed by atoms with E-state index in [-0.39, 0.29) is 5.91 Å². The third kappa shape index (κ3) is 3.78. The molecule has 2 heterocycles.